The van der Waals surface area contributed by atoms with E-state index in [0.717, 1.165) is 19.0 Å². The predicted octanol–water partition coefficient (Wildman–Crippen LogP) is 1.59. The van der Waals surface area contributed by atoms with Gasteiger partial charge in [-0.05, 0) is 18.8 Å². The van der Waals surface area contributed by atoms with Crippen molar-refractivity contribution in [2.75, 3.05) is 19.7 Å². The third-order valence-electron chi connectivity index (χ3n) is 3.35. The molecule has 2 rings (SSSR count). The Bertz CT molecular complexity index is 248. The van der Waals surface area contributed by atoms with Crippen molar-refractivity contribution in [2.45, 2.75) is 31.8 Å². The Balaban J connectivity index is 1.87. The number of carbonyl (C=O) groups is 1. The minimum Gasteiger partial charge on any atom is -0.366 e. The molecule has 2 fully saturated rings. The van der Waals surface area contributed by atoms with Gasteiger partial charge < -0.3 is 9.64 Å². The molecule has 3 nitrogen and oxygen atoms in total. The van der Waals surface area contributed by atoms with Crippen LogP contribution in [-0.4, -0.2) is 36.6 Å². The van der Waals surface area contributed by atoms with E-state index in [2.05, 4.69) is 6.58 Å². The number of morpholine rings is 1. The van der Waals surface area contributed by atoms with Gasteiger partial charge in [-0.2, -0.15) is 0 Å². The summed E-state index contributed by atoms with van der Waals surface area (Å²) < 4.78 is 5.43. The lowest BCUT2D eigenvalue weighted by molar-refractivity contribution is -0.153. The summed E-state index contributed by atoms with van der Waals surface area (Å²) in [6.07, 6.45) is 6.04. The summed E-state index contributed by atoms with van der Waals surface area (Å²) in [6.45, 7) is 6.04. The van der Waals surface area contributed by atoms with Crippen LogP contribution < -0.4 is 0 Å². The summed E-state index contributed by atoms with van der Waals surface area (Å²) in [5.74, 6) is 0.907. The van der Waals surface area contributed by atoms with Gasteiger partial charge in [0.25, 0.3) is 5.91 Å². The number of nitrogens with zero attached hydrogens (tertiary/aromatic N) is 1. The highest BCUT2D eigenvalue weighted by Crippen LogP contribution is 2.28. The zero-order valence-electron chi connectivity index (χ0n) is 9.15. The zero-order valence-corrected chi connectivity index (χ0v) is 9.15. The van der Waals surface area contributed by atoms with Gasteiger partial charge in [-0.3, -0.25) is 4.79 Å². The molecule has 0 N–H and O–H groups in total. The standard InChI is InChI=1S/C12H19NO2/c1-2-4-11-12(14)13(7-8-15-11)9-10-5-3-6-10/h2,10-11H,1,3-9H2/t11-/m1/s1. The molecular weight excluding hydrogens is 190 g/mol. The number of amides is 1. The fourth-order valence-corrected chi connectivity index (χ4v) is 2.18. The molecule has 1 aliphatic heterocycles. The molecule has 84 valence electrons. The molecule has 1 saturated heterocycles. The molecular formula is C12H19NO2. The van der Waals surface area contributed by atoms with Crippen LogP contribution in [0.15, 0.2) is 12.7 Å². The SMILES string of the molecule is C=CC[C@H]1OCCN(CC2CCC2)C1=O. The van der Waals surface area contributed by atoms with Crippen molar-refractivity contribution >= 4 is 5.91 Å². The average Bonchev–Trinajstić information content (AvgIpc) is 2.17. The fraction of sp³-hybridized carbons (Fsp3) is 0.750. The van der Waals surface area contributed by atoms with Crippen LogP contribution in [0.5, 0.6) is 0 Å². The molecule has 0 unspecified atom stereocenters. The molecule has 0 aromatic heterocycles. The number of hydrogen-bond donors (Lipinski definition) is 0. The van der Waals surface area contributed by atoms with Crippen LogP contribution >= 0.6 is 0 Å². The summed E-state index contributed by atoms with van der Waals surface area (Å²) in [4.78, 5) is 13.9. The molecule has 1 amide bonds. The normalized spacial score (nSPS) is 27.6. The summed E-state index contributed by atoms with van der Waals surface area (Å²) in [7, 11) is 0. The van der Waals surface area contributed by atoms with E-state index >= 15 is 0 Å². The first-order valence-corrected chi connectivity index (χ1v) is 5.82. The van der Waals surface area contributed by atoms with E-state index in [-0.39, 0.29) is 12.0 Å². The molecule has 0 bridgehead atoms. The lowest BCUT2D eigenvalue weighted by Gasteiger charge is -2.37. The number of hydrogen-bond acceptors (Lipinski definition) is 2. The third kappa shape index (κ3) is 2.40. The van der Waals surface area contributed by atoms with Crippen LogP contribution in [0.1, 0.15) is 25.7 Å². The van der Waals surface area contributed by atoms with E-state index in [9.17, 15) is 4.79 Å². The van der Waals surface area contributed by atoms with Crippen molar-refractivity contribution in [3.8, 4) is 0 Å². The Kier molecular flexibility index (Phi) is 3.41. The Hall–Kier alpha value is -0.830. The van der Waals surface area contributed by atoms with Crippen LogP contribution in [0, 0.1) is 5.92 Å². The largest absolute Gasteiger partial charge is 0.366 e. The van der Waals surface area contributed by atoms with Gasteiger partial charge in [0.2, 0.25) is 0 Å². The van der Waals surface area contributed by atoms with Crippen LogP contribution in [0.3, 0.4) is 0 Å². The van der Waals surface area contributed by atoms with Crippen molar-refractivity contribution < 1.29 is 9.53 Å². The maximum absolute atomic E-state index is 11.9. The molecule has 15 heavy (non-hydrogen) atoms. The van der Waals surface area contributed by atoms with Crippen LogP contribution in [0.25, 0.3) is 0 Å². The first kappa shape index (κ1) is 10.7. The second-order valence-electron chi connectivity index (χ2n) is 4.46. The Labute approximate surface area is 91.1 Å². The molecule has 1 heterocycles. The minimum absolute atomic E-state index is 0.160. The van der Waals surface area contributed by atoms with Gasteiger partial charge in [0.05, 0.1) is 6.61 Å². The Morgan fingerprint density at radius 2 is 2.33 bits per heavy atom. The predicted molar refractivity (Wildman–Crippen MR) is 58.5 cm³/mol. The number of rotatable bonds is 4. The van der Waals surface area contributed by atoms with Crippen molar-refractivity contribution in [2.24, 2.45) is 5.92 Å². The Morgan fingerprint density at radius 1 is 1.53 bits per heavy atom. The van der Waals surface area contributed by atoms with E-state index in [4.69, 9.17) is 4.74 Å². The second-order valence-corrected chi connectivity index (χ2v) is 4.46. The van der Waals surface area contributed by atoms with E-state index in [1.165, 1.54) is 19.3 Å². The van der Waals surface area contributed by atoms with Gasteiger partial charge >= 0.3 is 0 Å². The maximum atomic E-state index is 11.9. The highest BCUT2D eigenvalue weighted by molar-refractivity contribution is 5.81. The molecule has 1 aliphatic carbocycles. The molecule has 3 heteroatoms. The summed E-state index contributed by atoms with van der Waals surface area (Å²) in [5.41, 5.74) is 0. The minimum atomic E-state index is -0.267. The topological polar surface area (TPSA) is 29.5 Å². The summed E-state index contributed by atoms with van der Waals surface area (Å²) >= 11 is 0. The molecule has 0 radical (unpaired) electrons. The first-order valence-electron chi connectivity index (χ1n) is 5.82. The molecule has 0 aromatic rings. The van der Waals surface area contributed by atoms with Crippen LogP contribution in [-0.2, 0) is 9.53 Å². The van der Waals surface area contributed by atoms with Crippen molar-refractivity contribution in [1.29, 1.82) is 0 Å². The zero-order chi connectivity index (χ0) is 10.7. The molecule has 2 aliphatic rings. The molecule has 1 atom stereocenters. The van der Waals surface area contributed by atoms with E-state index in [1.807, 2.05) is 4.90 Å². The van der Waals surface area contributed by atoms with Crippen molar-refractivity contribution in [3.63, 3.8) is 0 Å². The lowest BCUT2D eigenvalue weighted by Crippen LogP contribution is -2.49. The van der Waals surface area contributed by atoms with Gasteiger partial charge in [-0.1, -0.05) is 12.5 Å². The number of carbonyl (C=O) groups excluding carboxylic acids is 1. The van der Waals surface area contributed by atoms with Crippen molar-refractivity contribution in [1.82, 2.24) is 4.90 Å². The third-order valence-corrected chi connectivity index (χ3v) is 3.35. The van der Waals surface area contributed by atoms with Gasteiger partial charge in [0.1, 0.15) is 6.10 Å². The summed E-state index contributed by atoms with van der Waals surface area (Å²) in [6, 6.07) is 0. The molecule has 0 aromatic carbocycles. The highest BCUT2D eigenvalue weighted by atomic mass is 16.5. The van der Waals surface area contributed by atoms with Gasteiger partial charge in [0, 0.05) is 19.5 Å². The van der Waals surface area contributed by atoms with Gasteiger partial charge in [0.15, 0.2) is 0 Å². The van der Waals surface area contributed by atoms with E-state index in [1.54, 1.807) is 6.08 Å². The maximum Gasteiger partial charge on any atom is 0.252 e. The van der Waals surface area contributed by atoms with Crippen molar-refractivity contribution in [3.05, 3.63) is 12.7 Å². The smallest absolute Gasteiger partial charge is 0.252 e. The average molecular weight is 209 g/mol. The quantitative estimate of drug-likeness (QED) is 0.658. The monoisotopic (exact) mass is 209 g/mol. The van der Waals surface area contributed by atoms with E-state index in [0.29, 0.717) is 13.0 Å². The lowest BCUT2D eigenvalue weighted by atomic mass is 9.85. The number of ether oxygens (including phenoxy) is 1. The summed E-state index contributed by atoms with van der Waals surface area (Å²) in [5, 5.41) is 0. The van der Waals surface area contributed by atoms with Gasteiger partial charge in [-0.15, -0.1) is 6.58 Å². The molecule has 0 spiro atoms. The van der Waals surface area contributed by atoms with Crippen LogP contribution in [0.2, 0.25) is 0 Å². The Morgan fingerprint density at radius 3 is 2.93 bits per heavy atom. The van der Waals surface area contributed by atoms with Gasteiger partial charge in [-0.25, -0.2) is 0 Å². The van der Waals surface area contributed by atoms with E-state index < -0.39 is 0 Å². The molecule has 1 saturated carbocycles. The van der Waals surface area contributed by atoms with Crippen LogP contribution in [0.4, 0.5) is 0 Å². The highest BCUT2D eigenvalue weighted by Gasteiger charge is 2.31. The first-order chi connectivity index (χ1) is 7.31. The second kappa shape index (κ2) is 4.79. The fourth-order valence-electron chi connectivity index (χ4n) is 2.18.